The Morgan fingerprint density at radius 2 is 1.82 bits per heavy atom. The van der Waals surface area contributed by atoms with Gasteiger partial charge in [0.05, 0.1) is 24.8 Å². The lowest BCUT2D eigenvalue weighted by Gasteiger charge is -2.29. The van der Waals surface area contributed by atoms with Crippen molar-refractivity contribution in [1.82, 2.24) is 5.32 Å². The monoisotopic (exact) mass is 245 g/mol. The van der Waals surface area contributed by atoms with Crippen LogP contribution in [0, 0.1) is 0 Å². The average molecular weight is 245 g/mol. The van der Waals surface area contributed by atoms with Crippen molar-refractivity contribution in [3.05, 3.63) is 35.4 Å². The van der Waals surface area contributed by atoms with E-state index in [2.05, 4.69) is 5.32 Å². The minimum atomic E-state index is -4.28. The molecule has 2 nitrogen and oxygen atoms in total. The van der Waals surface area contributed by atoms with Gasteiger partial charge in [-0.05, 0) is 24.6 Å². The summed E-state index contributed by atoms with van der Waals surface area (Å²) in [7, 11) is 0. The molecule has 0 aliphatic carbocycles. The Hall–Kier alpha value is -1.07. The molecule has 2 unspecified atom stereocenters. The van der Waals surface area contributed by atoms with Gasteiger partial charge in [-0.2, -0.15) is 13.2 Å². The number of rotatable bonds is 1. The van der Waals surface area contributed by atoms with E-state index in [9.17, 15) is 13.2 Å². The van der Waals surface area contributed by atoms with Crippen molar-refractivity contribution in [2.75, 3.05) is 13.2 Å². The predicted octanol–water partition coefficient (Wildman–Crippen LogP) is 2.75. The Kier molecular flexibility index (Phi) is 3.40. The zero-order valence-electron chi connectivity index (χ0n) is 9.42. The van der Waals surface area contributed by atoms with Crippen molar-refractivity contribution >= 4 is 0 Å². The van der Waals surface area contributed by atoms with Gasteiger partial charge in [0.1, 0.15) is 0 Å². The molecule has 1 fully saturated rings. The molecule has 5 heteroatoms. The summed E-state index contributed by atoms with van der Waals surface area (Å²) < 4.78 is 42.5. The van der Waals surface area contributed by atoms with Crippen molar-refractivity contribution < 1.29 is 17.9 Å². The van der Waals surface area contributed by atoms with Crippen molar-refractivity contribution in [3.8, 4) is 0 Å². The van der Waals surface area contributed by atoms with Gasteiger partial charge in [0.25, 0.3) is 0 Å². The van der Waals surface area contributed by atoms with Crippen LogP contribution in [0.2, 0.25) is 0 Å². The molecule has 0 amide bonds. The van der Waals surface area contributed by atoms with Gasteiger partial charge in [0, 0.05) is 6.04 Å². The highest BCUT2D eigenvalue weighted by molar-refractivity contribution is 5.27. The van der Waals surface area contributed by atoms with Crippen LogP contribution in [-0.2, 0) is 10.9 Å². The Bertz CT molecular complexity index is 374. The summed E-state index contributed by atoms with van der Waals surface area (Å²) in [6.45, 7) is 3.11. The highest BCUT2D eigenvalue weighted by Crippen LogP contribution is 2.30. The molecule has 1 aromatic carbocycles. The Morgan fingerprint density at radius 3 is 2.35 bits per heavy atom. The second-order valence-corrected chi connectivity index (χ2v) is 4.28. The predicted molar refractivity (Wildman–Crippen MR) is 57.6 cm³/mol. The van der Waals surface area contributed by atoms with E-state index in [-0.39, 0.29) is 12.1 Å². The summed E-state index contributed by atoms with van der Waals surface area (Å²) in [5, 5.41) is 3.28. The van der Waals surface area contributed by atoms with Gasteiger partial charge in [-0.1, -0.05) is 12.1 Å². The molecule has 0 radical (unpaired) electrons. The van der Waals surface area contributed by atoms with Crippen LogP contribution < -0.4 is 5.32 Å². The molecule has 17 heavy (non-hydrogen) atoms. The number of morpholine rings is 1. The molecule has 1 saturated heterocycles. The summed E-state index contributed by atoms with van der Waals surface area (Å²) in [6, 6.07) is 5.41. The van der Waals surface area contributed by atoms with Crippen molar-refractivity contribution in [2.24, 2.45) is 0 Å². The lowest BCUT2D eigenvalue weighted by Crippen LogP contribution is -2.41. The Balaban J connectivity index is 2.12. The third-order valence-corrected chi connectivity index (χ3v) is 2.78. The number of hydrogen-bond donors (Lipinski definition) is 1. The van der Waals surface area contributed by atoms with Gasteiger partial charge >= 0.3 is 6.18 Å². The first-order valence-corrected chi connectivity index (χ1v) is 5.48. The molecule has 94 valence electrons. The van der Waals surface area contributed by atoms with E-state index >= 15 is 0 Å². The van der Waals surface area contributed by atoms with E-state index in [1.165, 1.54) is 12.1 Å². The fraction of sp³-hybridized carbons (Fsp3) is 0.500. The first-order valence-electron chi connectivity index (χ1n) is 5.48. The molecule has 1 heterocycles. The number of alkyl halides is 3. The van der Waals surface area contributed by atoms with E-state index in [0.29, 0.717) is 13.2 Å². The molecular formula is C12H14F3NO. The molecule has 0 saturated carbocycles. The summed E-state index contributed by atoms with van der Waals surface area (Å²) in [5.74, 6) is 0. The topological polar surface area (TPSA) is 21.3 Å². The van der Waals surface area contributed by atoms with Crippen molar-refractivity contribution in [1.29, 1.82) is 0 Å². The smallest absolute Gasteiger partial charge is 0.378 e. The van der Waals surface area contributed by atoms with E-state index < -0.39 is 11.7 Å². The van der Waals surface area contributed by atoms with E-state index in [0.717, 1.165) is 17.7 Å². The number of benzene rings is 1. The lowest BCUT2D eigenvalue weighted by atomic mass is 10.0. The van der Waals surface area contributed by atoms with E-state index in [4.69, 9.17) is 4.74 Å². The molecule has 0 aromatic heterocycles. The lowest BCUT2D eigenvalue weighted by molar-refractivity contribution is -0.137. The highest BCUT2D eigenvalue weighted by atomic mass is 19.4. The standard InChI is InChI=1S/C12H14F3NO/c1-8-6-17-7-11(16-8)9-2-4-10(5-3-9)12(13,14)15/h2-5,8,11,16H,6-7H2,1H3. The quantitative estimate of drug-likeness (QED) is 0.821. The Morgan fingerprint density at radius 1 is 1.18 bits per heavy atom. The van der Waals surface area contributed by atoms with Crippen LogP contribution in [0.1, 0.15) is 24.1 Å². The summed E-state index contributed by atoms with van der Waals surface area (Å²) in [5.41, 5.74) is 0.204. The highest BCUT2D eigenvalue weighted by Gasteiger charge is 2.30. The fourth-order valence-corrected chi connectivity index (χ4v) is 1.90. The number of halogens is 3. The summed E-state index contributed by atoms with van der Waals surface area (Å²) in [6.07, 6.45) is -4.28. The second kappa shape index (κ2) is 4.66. The minimum absolute atomic E-state index is 0.0268. The third kappa shape index (κ3) is 2.98. The van der Waals surface area contributed by atoms with Crippen LogP contribution in [0.25, 0.3) is 0 Å². The van der Waals surface area contributed by atoms with Gasteiger partial charge in [-0.25, -0.2) is 0 Å². The first-order chi connectivity index (χ1) is 7.97. The van der Waals surface area contributed by atoms with E-state index in [1.54, 1.807) is 0 Å². The van der Waals surface area contributed by atoms with Gasteiger partial charge in [-0.3, -0.25) is 0 Å². The molecule has 2 atom stereocenters. The summed E-state index contributed by atoms with van der Waals surface area (Å²) in [4.78, 5) is 0. The first kappa shape index (κ1) is 12.4. The van der Waals surface area contributed by atoms with Gasteiger partial charge in [-0.15, -0.1) is 0 Å². The van der Waals surface area contributed by atoms with Crippen molar-refractivity contribution in [3.63, 3.8) is 0 Å². The van der Waals surface area contributed by atoms with Gasteiger partial charge in [0.15, 0.2) is 0 Å². The molecule has 1 N–H and O–H groups in total. The summed E-state index contributed by atoms with van der Waals surface area (Å²) >= 11 is 0. The van der Waals surface area contributed by atoms with Crippen LogP contribution in [0.4, 0.5) is 13.2 Å². The number of ether oxygens (including phenoxy) is 1. The molecule has 0 bridgehead atoms. The van der Waals surface area contributed by atoms with Crippen LogP contribution in [0.3, 0.4) is 0 Å². The molecule has 1 aliphatic heterocycles. The fourth-order valence-electron chi connectivity index (χ4n) is 1.90. The Labute approximate surface area is 97.8 Å². The van der Waals surface area contributed by atoms with Crippen molar-refractivity contribution in [2.45, 2.75) is 25.2 Å². The second-order valence-electron chi connectivity index (χ2n) is 4.28. The molecule has 1 aliphatic rings. The van der Waals surface area contributed by atoms with Crippen LogP contribution in [-0.4, -0.2) is 19.3 Å². The van der Waals surface area contributed by atoms with Gasteiger partial charge < -0.3 is 10.1 Å². The minimum Gasteiger partial charge on any atom is -0.378 e. The van der Waals surface area contributed by atoms with Crippen LogP contribution in [0.15, 0.2) is 24.3 Å². The number of hydrogen-bond acceptors (Lipinski definition) is 2. The van der Waals surface area contributed by atoms with Crippen LogP contribution >= 0.6 is 0 Å². The average Bonchev–Trinajstić information content (AvgIpc) is 2.28. The maximum absolute atomic E-state index is 12.4. The third-order valence-electron chi connectivity index (χ3n) is 2.78. The molecule has 0 spiro atoms. The molecular weight excluding hydrogens is 231 g/mol. The SMILES string of the molecule is CC1COCC(c2ccc(C(F)(F)F)cc2)N1. The maximum atomic E-state index is 12.4. The zero-order valence-corrected chi connectivity index (χ0v) is 9.42. The largest absolute Gasteiger partial charge is 0.416 e. The maximum Gasteiger partial charge on any atom is 0.416 e. The number of nitrogens with one attached hydrogen (secondary N) is 1. The molecule has 2 rings (SSSR count). The molecule has 1 aromatic rings. The van der Waals surface area contributed by atoms with Crippen LogP contribution in [0.5, 0.6) is 0 Å². The van der Waals surface area contributed by atoms with E-state index in [1.807, 2.05) is 6.92 Å². The van der Waals surface area contributed by atoms with Gasteiger partial charge in [0.2, 0.25) is 0 Å². The normalized spacial score (nSPS) is 25.9. The zero-order chi connectivity index (χ0) is 12.5.